The lowest BCUT2D eigenvalue weighted by molar-refractivity contribution is -0.136. The van der Waals surface area contributed by atoms with Crippen LogP contribution in [0.4, 0.5) is 0 Å². The van der Waals surface area contributed by atoms with Gasteiger partial charge in [-0.2, -0.15) is 4.31 Å². The van der Waals surface area contributed by atoms with E-state index in [1.54, 1.807) is 22.9 Å². The minimum atomic E-state index is -3.66. The van der Waals surface area contributed by atoms with Gasteiger partial charge in [-0.25, -0.2) is 13.1 Å². The lowest BCUT2D eigenvalue weighted by Gasteiger charge is -2.32. The molecule has 37 heavy (non-hydrogen) atoms. The summed E-state index contributed by atoms with van der Waals surface area (Å²) in [4.78, 5) is 15.2. The van der Waals surface area contributed by atoms with Gasteiger partial charge in [0.05, 0.1) is 31.6 Å². The Morgan fingerprint density at radius 3 is 2.62 bits per heavy atom. The Balaban J connectivity index is 1.74. The fourth-order valence-corrected chi connectivity index (χ4v) is 5.93. The molecule has 1 aliphatic heterocycles. The number of ether oxygens (including phenoxy) is 2. The van der Waals surface area contributed by atoms with E-state index < -0.39 is 16.1 Å². The number of hydrogen-bond acceptors (Lipinski definition) is 7. The van der Waals surface area contributed by atoms with Gasteiger partial charge in [0.2, 0.25) is 15.9 Å². The minimum absolute atomic E-state index is 0.103. The van der Waals surface area contributed by atoms with Crippen molar-refractivity contribution < 1.29 is 22.7 Å². The van der Waals surface area contributed by atoms with Crippen LogP contribution in [0.3, 0.4) is 0 Å². The first-order valence-electron chi connectivity index (χ1n) is 12.7. The monoisotopic (exact) mass is 533 g/mol. The van der Waals surface area contributed by atoms with Gasteiger partial charge in [0.25, 0.3) is 0 Å². The zero-order chi connectivity index (χ0) is 26.8. The summed E-state index contributed by atoms with van der Waals surface area (Å²) in [6, 6.07) is 7.03. The molecule has 0 spiro atoms. The number of rotatable bonds is 13. The quantitative estimate of drug-likeness (QED) is 0.288. The molecule has 0 saturated carbocycles. The van der Waals surface area contributed by atoms with Gasteiger partial charge in [0, 0.05) is 20.2 Å². The van der Waals surface area contributed by atoms with E-state index in [0.29, 0.717) is 18.8 Å². The van der Waals surface area contributed by atoms with Gasteiger partial charge in [-0.05, 0) is 23.5 Å². The highest BCUT2D eigenvalue weighted by molar-refractivity contribution is 7.89. The molecule has 1 saturated heterocycles. The van der Waals surface area contributed by atoms with Crippen molar-refractivity contribution in [3.8, 4) is 0 Å². The van der Waals surface area contributed by atoms with Gasteiger partial charge < -0.3 is 14.4 Å². The second-order valence-electron chi connectivity index (χ2n) is 9.53. The van der Waals surface area contributed by atoms with E-state index in [0.717, 1.165) is 24.0 Å². The van der Waals surface area contributed by atoms with E-state index in [-0.39, 0.29) is 44.0 Å². The summed E-state index contributed by atoms with van der Waals surface area (Å²) in [5.74, 6) is -0.556. The lowest BCUT2D eigenvalue weighted by atomic mass is 10.0. The zero-order valence-corrected chi connectivity index (χ0v) is 23.1. The van der Waals surface area contributed by atoms with Crippen LogP contribution >= 0.6 is 0 Å². The van der Waals surface area contributed by atoms with E-state index in [9.17, 15) is 13.2 Å². The van der Waals surface area contributed by atoms with E-state index in [4.69, 9.17) is 9.47 Å². The maximum atomic E-state index is 13.7. The molecular weight excluding hydrogens is 494 g/mol. The molecule has 0 aliphatic carbocycles. The molecule has 1 aromatic carbocycles. The molecule has 10 nitrogen and oxygen atoms in total. The van der Waals surface area contributed by atoms with Crippen molar-refractivity contribution in [2.24, 2.45) is 5.92 Å². The third kappa shape index (κ3) is 8.19. The highest BCUT2D eigenvalue weighted by atomic mass is 32.2. The second-order valence-corrected chi connectivity index (χ2v) is 11.6. The predicted molar refractivity (Wildman–Crippen MR) is 142 cm³/mol. The van der Waals surface area contributed by atoms with Crippen molar-refractivity contribution in [2.75, 3.05) is 32.8 Å². The van der Waals surface area contributed by atoms with Crippen LogP contribution in [0.2, 0.25) is 0 Å². The molecule has 1 aliphatic rings. The number of nitrogens with zero attached hydrogens (tertiary/aromatic N) is 5. The van der Waals surface area contributed by atoms with Crippen LogP contribution in [0.5, 0.6) is 0 Å². The summed E-state index contributed by atoms with van der Waals surface area (Å²) in [7, 11) is -2.11. The molecule has 0 bridgehead atoms. The molecule has 1 fully saturated rings. The highest BCUT2D eigenvalue weighted by Gasteiger charge is 2.42. The third-order valence-corrected chi connectivity index (χ3v) is 7.94. The number of benzene rings is 1. The van der Waals surface area contributed by atoms with Crippen molar-refractivity contribution >= 4 is 22.0 Å². The van der Waals surface area contributed by atoms with E-state index in [2.05, 4.69) is 29.4 Å². The van der Waals surface area contributed by atoms with Crippen LogP contribution in [0.25, 0.3) is 6.08 Å². The maximum Gasteiger partial charge on any atom is 0.241 e. The van der Waals surface area contributed by atoms with Crippen LogP contribution in [0.15, 0.2) is 36.5 Å². The summed E-state index contributed by atoms with van der Waals surface area (Å²) in [5, 5.41) is 8.25. The Labute approximate surface area is 220 Å². The molecule has 1 unspecified atom stereocenters. The average Bonchev–Trinajstić information content (AvgIpc) is 3.28. The Kier molecular flexibility index (Phi) is 10.8. The highest BCUT2D eigenvalue weighted by Crippen LogP contribution is 2.25. The fourth-order valence-electron chi connectivity index (χ4n) is 4.22. The summed E-state index contributed by atoms with van der Waals surface area (Å²) in [5.41, 5.74) is 2.51. The maximum absolute atomic E-state index is 13.7. The van der Waals surface area contributed by atoms with Gasteiger partial charge in [-0.1, -0.05) is 68.8 Å². The molecule has 2 heterocycles. The first-order chi connectivity index (χ1) is 17.7. The van der Waals surface area contributed by atoms with E-state index in [1.807, 2.05) is 38.1 Å². The van der Waals surface area contributed by atoms with Crippen LogP contribution in [0.1, 0.15) is 50.4 Å². The number of sulfonamides is 1. The van der Waals surface area contributed by atoms with Crippen molar-refractivity contribution in [3.05, 3.63) is 53.4 Å². The van der Waals surface area contributed by atoms with Gasteiger partial charge in [-0.3, -0.25) is 4.79 Å². The summed E-state index contributed by atoms with van der Waals surface area (Å²) < 4.78 is 39.9. The Bertz CT molecular complexity index is 1130. The normalized spacial score (nSPS) is 18.7. The topological polar surface area (TPSA) is 107 Å². The molecule has 1 atom stereocenters. The second kappa shape index (κ2) is 13.8. The smallest absolute Gasteiger partial charge is 0.241 e. The van der Waals surface area contributed by atoms with Crippen LogP contribution in [-0.2, 0) is 43.9 Å². The summed E-state index contributed by atoms with van der Waals surface area (Å²) in [6.07, 6.45) is 8.05. The molecule has 0 N–H and O–H groups in total. The summed E-state index contributed by atoms with van der Waals surface area (Å²) in [6.45, 7) is 7.46. The first kappa shape index (κ1) is 29.0. The number of methoxy groups -OCH3 is 1. The van der Waals surface area contributed by atoms with Gasteiger partial charge in [0.1, 0.15) is 18.5 Å². The third-order valence-electron chi connectivity index (χ3n) is 6.17. The number of carbonyl (C=O) groups excluding carboxylic acids is 1. The van der Waals surface area contributed by atoms with Crippen LogP contribution in [-0.4, -0.2) is 77.4 Å². The fraction of sp³-hybridized carbons (Fsp3) is 0.577. The van der Waals surface area contributed by atoms with Crippen molar-refractivity contribution in [2.45, 2.75) is 59.3 Å². The van der Waals surface area contributed by atoms with Crippen molar-refractivity contribution in [3.63, 3.8) is 0 Å². The van der Waals surface area contributed by atoms with E-state index in [1.165, 1.54) is 4.31 Å². The number of amides is 1. The Morgan fingerprint density at radius 1 is 1.19 bits per heavy atom. The SMILES string of the molecule is CCCC=Cc1ccc(CN2C(C(C)C)C(=O)N(Cc3cn(CCOCOC)nn3)CCS2(=O)=O)cc1. The molecule has 204 valence electrons. The van der Waals surface area contributed by atoms with Gasteiger partial charge >= 0.3 is 0 Å². The standard InChI is InChI=1S/C26H39N5O5S/c1-5-6-7-8-22-9-11-23(12-10-22)17-31-25(21(2)3)26(32)29(14-16-37(31,33)34)18-24-19-30(28-27-24)13-15-36-20-35-4/h7-12,19,21,25H,5-6,13-18,20H2,1-4H3. The van der Waals surface area contributed by atoms with E-state index >= 15 is 0 Å². The molecule has 11 heteroatoms. The number of hydrogen-bond donors (Lipinski definition) is 0. The van der Waals surface area contributed by atoms with Crippen molar-refractivity contribution in [1.82, 2.24) is 24.2 Å². The lowest BCUT2D eigenvalue weighted by Crippen LogP contribution is -2.49. The number of unbranched alkanes of at least 4 members (excludes halogenated alkanes) is 1. The average molecular weight is 534 g/mol. The number of allylic oxidation sites excluding steroid dienone is 1. The minimum Gasteiger partial charge on any atom is -0.359 e. The molecule has 0 radical (unpaired) electrons. The zero-order valence-electron chi connectivity index (χ0n) is 22.2. The number of carbonyl (C=O) groups is 1. The van der Waals surface area contributed by atoms with Gasteiger partial charge in [0.15, 0.2) is 0 Å². The molecule has 3 rings (SSSR count). The van der Waals surface area contributed by atoms with Crippen molar-refractivity contribution in [1.29, 1.82) is 0 Å². The first-order valence-corrected chi connectivity index (χ1v) is 14.4. The van der Waals surface area contributed by atoms with Crippen LogP contribution in [0, 0.1) is 5.92 Å². The Hall–Kier alpha value is -2.60. The summed E-state index contributed by atoms with van der Waals surface area (Å²) >= 11 is 0. The molecule has 1 aromatic heterocycles. The van der Waals surface area contributed by atoms with Gasteiger partial charge in [-0.15, -0.1) is 5.10 Å². The van der Waals surface area contributed by atoms with Crippen LogP contribution < -0.4 is 0 Å². The number of aromatic nitrogens is 3. The molecular formula is C26H39N5O5S. The predicted octanol–water partition coefficient (Wildman–Crippen LogP) is 2.91. The molecule has 2 aromatic rings. The largest absolute Gasteiger partial charge is 0.359 e. The Morgan fingerprint density at radius 2 is 1.95 bits per heavy atom. The molecule has 1 amide bonds.